The summed E-state index contributed by atoms with van der Waals surface area (Å²) < 4.78 is 246. The Morgan fingerprint density at radius 3 is 1.13 bits per heavy atom. The number of carbonyl (C=O) groups is 2. The number of benzene rings is 6. The largest absolute Gasteiger partial charge is 0.480 e. The fourth-order valence-corrected chi connectivity index (χ4v) is 14.2. The monoisotopic (exact) mass is 1240 g/mol. The lowest BCUT2D eigenvalue weighted by atomic mass is 10.0. The molecule has 0 unspecified atom stereocenters. The Labute approximate surface area is 463 Å². The van der Waals surface area contributed by atoms with Gasteiger partial charge in [0, 0.05) is 37.7 Å². The molecule has 0 aliphatic rings. The minimum absolute atomic E-state index is 0.0604. The van der Waals surface area contributed by atoms with Gasteiger partial charge in [-0.1, -0.05) is 60.1 Å². The molecule has 18 nitrogen and oxygen atoms in total. The van der Waals surface area contributed by atoms with Crippen LogP contribution in [-0.4, -0.2) is 104 Å². The van der Waals surface area contributed by atoms with E-state index in [0.29, 0.717) is 77.4 Å². The number of carboxylic acids is 2. The van der Waals surface area contributed by atoms with Gasteiger partial charge in [-0.05, 0) is 84.9 Å². The van der Waals surface area contributed by atoms with Crippen molar-refractivity contribution in [2.45, 2.75) is 31.9 Å². The van der Waals surface area contributed by atoms with Crippen molar-refractivity contribution in [1.29, 1.82) is 0 Å². The van der Waals surface area contributed by atoms with Crippen molar-refractivity contribution in [1.82, 2.24) is 9.97 Å². The van der Waals surface area contributed by atoms with Crippen molar-refractivity contribution in [3.63, 3.8) is 0 Å². The maximum absolute atomic E-state index is 16.0. The molecule has 2 heterocycles. The number of rotatable bonds is 19. The van der Waals surface area contributed by atoms with Crippen molar-refractivity contribution in [3.8, 4) is 11.1 Å². The number of fused-ring (bicyclic) bond motifs is 2. The van der Waals surface area contributed by atoms with Gasteiger partial charge in [-0.3, -0.25) is 18.2 Å². The summed E-state index contributed by atoms with van der Waals surface area (Å²) in [6.45, 7) is -7.47. The number of nitrogens with zero attached hydrogens (tertiary/aromatic N) is 6. The number of aromatic nitrogens is 2. The quantitative estimate of drug-likeness (QED) is 0.0716. The van der Waals surface area contributed by atoms with Crippen molar-refractivity contribution in [3.05, 3.63) is 168 Å². The van der Waals surface area contributed by atoms with Crippen LogP contribution >= 0.6 is 11.6 Å². The number of aliphatic carboxylic acids is 2. The van der Waals surface area contributed by atoms with Gasteiger partial charge in [-0.25, -0.2) is 65.4 Å². The highest BCUT2D eigenvalue weighted by Gasteiger charge is 2.42. The van der Waals surface area contributed by atoms with Crippen LogP contribution in [-0.2, 0) is 49.7 Å². The summed E-state index contributed by atoms with van der Waals surface area (Å²) in [6.07, 6.45) is -9.71. The lowest BCUT2D eigenvalue weighted by Crippen LogP contribution is -2.40. The molecular formula is C50H34ClF9N6O12S4. The summed E-state index contributed by atoms with van der Waals surface area (Å²) in [4.78, 5) is 28.7. The Balaban J connectivity index is 1.23. The molecule has 0 bridgehead atoms. The molecule has 6 aromatic carbocycles. The Bertz CT molecular complexity index is 4320. The molecule has 32 heteroatoms. The third-order valence-electron chi connectivity index (χ3n) is 11.9. The van der Waals surface area contributed by atoms with Gasteiger partial charge in [0.25, 0.3) is 40.1 Å². The smallest absolute Gasteiger partial charge is 0.407 e. The van der Waals surface area contributed by atoms with Crippen LogP contribution in [0.3, 0.4) is 0 Å². The first-order valence-corrected chi connectivity index (χ1v) is 28.9. The van der Waals surface area contributed by atoms with Gasteiger partial charge in [0.05, 0.1) is 43.4 Å². The molecule has 0 spiro atoms. The van der Waals surface area contributed by atoms with E-state index in [9.17, 15) is 84.2 Å². The van der Waals surface area contributed by atoms with Gasteiger partial charge >= 0.3 is 24.3 Å². The van der Waals surface area contributed by atoms with Crippen LogP contribution in [0.15, 0.2) is 165 Å². The minimum atomic E-state index is -5.71. The van der Waals surface area contributed by atoms with E-state index in [1.807, 2.05) is 0 Å². The fourth-order valence-electron chi connectivity index (χ4n) is 8.30. The van der Waals surface area contributed by atoms with E-state index in [2.05, 4.69) is 9.97 Å². The number of pyridine rings is 2. The van der Waals surface area contributed by atoms with Crippen LogP contribution in [0.2, 0.25) is 5.02 Å². The molecule has 8 aromatic rings. The van der Waals surface area contributed by atoms with Crippen LogP contribution in [0.25, 0.3) is 32.7 Å². The summed E-state index contributed by atoms with van der Waals surface area (Å²) in [5, 5.41) is 18.0. The average Bonchev–Trinajstić information content (AvgIpc) is 1.58. The summed E-state index contributed by atoms with van der Waals surface area (Å²) in [5.41, 5.74) is -3.97. The molecule has 82 heavy (non-hydrogen) atoms. The summed E-state index contributed by atoms with van der Waals surface area (Å²) in [5.74, 6) is -9.18. The molecule has 0 amide bonds. The predicted octanol–water partition coefficient (Wildman–Crippen LogP) is 9.60. The predicted molar refractivity (Wildman–Crippen MR) is 279 cm³/mol. The van der Waals surface area contributed by atoms with Gasteiger partial charge in [0.1, 0.15) is 43.6 Å². The second-order valence-electron chi connectivity index (χ2n) is 17.3. The van der Waals surface area contributed by atoms with Gasteiger partial charge in [0.2, 0.25) is 0 Å². The Morgan fingerprint density at radius 1 is 0.451 bits per heavy atom. The van der Waals surface area contributed by atoms with Crippen molar-refractivity contribution in [2.75, 3.05) is 43.4 Å². The molecule has 0 saturated heterocycles. The van der Waals surface area contributed by atoms with Crippen LogP contribution in [0.5, 0.6) is 0 Å². The minimum Gasteiger partial charge on any atom is -0.480 e. The maximum Gasteiger partial charge on any atom is 0.407 e. The molecular weight excluding hydrogens is 1210 g/mol. The first-order valence-electron chi connectivity index (χ1n) is 22.8. The maximum atomic E-state index is 16.0. The SMILES string of the molecule is O=C(O)CN(c1ncc(N(CC(F)(F)F)S(=O)(=O)c2ccc(F)c(-c3cc(S(=O)(=O)N(CC(=O)O)c4ncc(N(CC(F)(F)F)S(=O)(=O)c5ccc(F)cc5)c5ccccc45)ccc3F)c2)c2ccccc12)S(=O)(=O)c1ccc(Cl)cc1. The zero-order chi connectivity index (χ0) is 60.1. The molecule has 0 aliphatic heterocycles. The van der Waals surface area contributed by atoms with Crippen LogP contribution in [0, 0.1) is 17.5 Å². The number of halogens is 10. The van der Waals surface area contributed by atoms with E-state index in [4.69, 9.17) is 11.6 Å². The molecule has 2 aromatic heterocycles. The molecule has 0 fully saturated rings. The number of hydrogen-bond acceptors (Lipinski definition) is 12. The average molecular weight is 1250 g/mol. The number of alkyl halides is 6. The van der Waals surface area contributed by atoms with E-state index in [1.165, 1.54) is 24.3 Å². The van der Waals surface area contributed by atoms with E-state index in [-0.39, 0.29) is 17.9 Å². The van der Waals surface area contributed by atoms with Crippen molar-refractivity contribution < 1.29 is 93.0 Å². The second kappa shape index (κ2) is 22.2. The molecule has 430 valence electrons. The zero-order valence-electron chi connectivity index (χ0n) is 40.8. The summed E-state index contributed by atoms with van der Waals surface area (Å²) >= 11 is 5.91. The molecule has 0 radical (unpaired) electrons. The van der Waals surface area contributed by atoms with Gasteiger partial charge < -0.3 is 10.2 Å². The number of carboxylic acid groups (broad SMARTS) is 2. The Hall–Kier alpha value is -8.26. The lowest BCUT2D eigenvalue weighted by molar-refractivity contribution is -0.136. The third kappa shape index (κ3) is 12.2. The van der Waals surface area contributed by atoms with Crippen LogP contribution < -0.4 is 17.2 Å². The highest BCUT2D eigenvalue weighted by Crippen LogP contribution is 2.42. The van der Waals surface area contributed by atoms with Crippen molar-refractivity contribution >= 4 is 108 Å². The first kappa shape index (κ1) is 59.9. The van der Waals surface area contributed by atoms with Crippen molar-refractivity contribution in [2.24, 2.45) is 0 Å². The zero-order valence-corrected chi connectivity index (χ0v) is 44.8. The fraction of sp³-hybridized carbons (Fsp3) is 0.120. The third-order valence-corrected chi connectivity index (χ3v) is 19.1. The molecule has 0 aliphatic carbocycles. The standard InChI is InChI=1S/C50H34ClF9N6O12S4/c51-29-9-13-31(14-10-29)79(71,72)63(25-45(67)68)47-37-7-3-2-6-36(37)44(24-61-47)66(28-50(58,59)60)82(77,78)34-18-20-42(54)40(22-34)39-21-33(17-19-41(39)53)81(75,76)64(26-46(69)70)48-38-8-4-1-5-35(38)43(23-62-48)65(27-49(55,56)57)80(73,74)32-15-11-30(52)12-16-32/h1-24H,25-28H2,(H,67,68)(H,69,70). The Morgan fingerprint density at radius 2 is 0.768 bits per heavy atom. The number of sulfonamides is 4. The summed E-state index contributed by atoms with van der Waals surface area (Å²) in [6, 6.07) is 18.5. The summed E-state index contributed by atoms with van der Waals surface area (Å²) in [7, 11) is -21.3. The highest BCUT2D eigenvalue weighted by molar-refractivity contribution is 7.93. The molecule has 0 saturated carbocycles. The first-order chi connectivity index (χ1) is 38.2. The normalized spacial score (nSPS) is 12.6. The molecule has 8 rings (SSSR count). The van der Waals surface area contributed by atoms with Gasteiger partial charge in [-0.15, -0.1) is 0 Å². The van der Waals surface area contributed by atoms with Gasteiger partial charge in [0.15, 0.2) is 11.6 Å². The number of hydrogen-bond donors (Lipinski definition) is 2. The Kier molecular flexibility index (Phi) is 16.2. The lowest BCUT2D eigenvalue weighted by Gasteiger charge is -2.29. The highest BCUT2D eigenvalue weighted by atomic mass is 35.5. The van der Waals surface area contributed by atoms with E-state index in [1.54, 1.807) is 0 Å². The van der Waals surface area contributed by atoms with E-state index >= 15 is 8.78 Å². The van der Waals surface area contributed by atoms with E-state index < -0.39 is 183 Å². The molecule has 2 N–H and O–H groups in total. The van der Waals surface area contributed by atoms with Crippen LogP contribution in [0.4, 0.5) is 62.5 Å². The topological polar surface area (TPSA) is 250 Å². The van der Waals surface area contributed by atoms with Crippen LogP contribution in [0.1, 0.15) is 0 Å². The number of anilines is 4. The second-order valence-corrected chi connectivity index (χ2v) is 25.2. The van der Waals surface area contributed by atoms with E-state index in [0.717, 1.165) is 48.5 Å². The molecule has 0 atom stereocenters. The van der Waals surface area contributed by atoms with Gasteiger partial charge in [-0.2, -0.15) is 26.3 Å².